The number of halogens is 1. The zero-order chi connectivity index (χ0) is 11.6. The quantitative estimate of drug-likeness (QED) is 0.800. The normalized spacial score (nSPS) is 16.9. The molecule has 1 aliphatic carbocycles. The fourth-order valence-electron chi connectivity index (χ4n) is 1.65. The fourth-order valence-corrected chi connectivity index (χ4v) is 1.65. The zero-order valence-corrected chi connectivity index (χ0v) is 8.87. The van der Waals surface area contributed by atoms with Crippen molar-refractivity contribution in [1.29, 1.82) is 0 Å². The van der Waals surface area contributed by atoms with E-state index in [-0.39, 0.29) is 24.8 Å². The van der Waals surface area contributed by atoms with Crippen LogP contribution in [0.4, 0.5) is 4.39 Å². The molecule has 0 aromatic heterocycles. The van der Waals surface area contributed by atoms with Gasteiger partial charge in [0.1, 0.15) is 5.82 Å². The molecule has 0 saturated heterocycles. The van der Waals surface area contributed by atoms with Crippen LogP contribution in [0.25, 0.3) is 0 Å². The highest BCUT2D eigenvalue weighted by Crippen LogP contribution is 2.34. The molecule has 1 saturated carbocycles. The Hall–Kier alpha value is -1.42. The van der Waals surface area contributed by atoms with Gasteiger partial charge in [-0.2, -0.15) is 0 Å². The average Bonchev–Trinajstić information content (AvgIpc) is 2.98. The van der Waals surface area contributed by atoms with Crippen LogP contribution in [0.1, 0.15) is 18.4 Å². The maximum absolute atomic E-state index is 12.9. The SMILES string of the molecule is O=C(Cc1cccc(F)c1)NC1(CO)CC1. The van der Waals surface area contributed by atoms with Crippen LogP contribution >= 0.6 is 0 Å². The van der Waals surface area contributed by atoms with E-state index < -0.39 is 5.54 Å². The van der Waals surface area contributed by atoms with Crippen molar-refractivity contribution in [3.63, 3.8) is 0 Å². The second-order valence-electron chi connectivity index (χ2n) is 4.29. The number of aliphatic hydroxyl groups is 1. The van der Waals surface area contributed by atoms with E-state index in [4.69, 9.17) is 5.11 Å². The second-order valence-corrected chi connectivity index (χ2v) is 4.29. The van der Waals surface area contributed by atoms with E-state index >= 15 is 0 Å². The molecule has 0 radical (unpaired) electrons. The zero-order valence-electron chi connectivity index (χ0n) is 8.87. The van der Waals surface area contributed by atoms with Gasteiger partial charge in [-0.15, -0.1) is 0 Å². The lowest BCUT2D eigenvalue weighted by molar-refractivity contribution is -0.121. The van der Waals surface area contributed by atoms with Crippen LogP contribution in [0.3, 0.4) is 0 Å². The Balaban J connectivity index is 1.92. The highest BCUT2D eigenvalue weighted by Gasteiger charge is 2.43. The number of hydrogen-bond donors (Lipinski definition) is 2. The smallest absolute Gasteiger partial charge is 0.224 e. The molecule has 16 heavy (non-hydrogen) atoms. The van der Waals surface area contributed by atoms with Crippen molar-refractivity contribution in [3.8, 4) is 0 Å². The van der Waals surface area contributed by atoms with Crippen molar-refractivity contribution in [2.45, 2.75) is 24.8 Å². The summed E-state index contributed by atoms with van der Waals surface area (Å²) in [6.45, 7) is -0.0259. The topological polar surface area (TPSA) is 49.3 Å². The fraction of sp³-hybridized carbons (Fsp3) is 0.417. The molecule has 0 unspecified atom stereocenters. The van der Waals surface area contributed by atoms with E-state index in [2.05, 4.69) is 5.32 Å². The summed E-state index contributed by atoms with van der Waals surface area (Å²) in [4.78, 5) is 11.6. The summed E-state index contributed by atoms with van der Waals surface area (Å²) in [6.07, 6.45) is 1.79. The minimum atomic E-state index is -0.398. The van der Waals surface area contributed by atoms with Gasteiger partial charge in [-0.05, 0) is 30.5 Å². The maximum atomic E-state index is 12.9. The lowest BCUT2D eigenvalue weighted by atomic mass is 10.1. The first-order valence-electron chi connectivity index (χ1n) is 5.30. The molecule has 86 valence electrons. The van der Waals surface area contributed by atoms with Gasteiger partial charge in [-0.3, -0.25) is 4.79 Å². The van der Waals surface area contributed by atoms with Crippen molar-refractivity contribution < 1.29 is 14.3 Å². The molecule has 1 aliphatic rings. The highest BCUT2D eigenvalue weighted by atomic mass is 19.1. The lowest BCUT2D eigenvalue weighted by Crippen LogP contribution is -2.40. The molecule has 1 aromatic rings. The Morgan fingerprint density at radius 1 is 1.50 bits per heavy atom. The Morgan fingerprint density at radius 2 is 2.25 bits per heavy atom. The summed E-state index contributed by atoms with van der Waals surface area (Å²) >= 11 is 0. The molecule has 0 aliphatic heterocycles. The Bertz CT molecular complexity index is 402. The van der Waals surface area contributed by atoms with Gasteiger partial charge >= 0.3 is 0 Å². The summed E-state index contributed by atoms with van der Waals surface area (Å²) < 4.78 is 12.9. The van der Waals surface area contributed by atoms with Gasteiger partial charge in [0, 0.05) is 0 Å². The van der Waals surface area contributed by atoms with Crippen molar-refractivity contribution >= 4 is 5.91 Å². The van der Waals surface area contributed by atoms with Crippen LogP contribution in [-0.2, 0) is 11.2 Å². The molecule has 0 bridgehead atoms. The first-order chi connectivity index (χ1) is 7.63. The first-order valence-corrected chi connectivity index (χ1v) is 5.30. The van der Waals surface area contributed by atoms with Crippen molar-refractivity contribution in [1.82, 2.24) is 5.32 Å². The second kappa shape index (κ2) is 4.22. The molecule has 2 N–H and O–H groups in total. The van der Waals surface area contributed by atoms with Gasteiger partial charge in [0.05, 0.1) is 18.6 Å². The monoisotopic (exact) mass is 223 g/mol. The number of hydrogen-bond acceptors (Lipinski definition) is 2. The third-order valence-corrected chi connectivity index (χ3v) is 2.81. The van der Waals surface area contributed by atoms with Gasteiger partial charge in [0.15, 0.2) is 0 Å². The van der Waals surface area contributed by atoms with Crippen LogP contribution < -0.4 is 5.32 Å². The molecular formula is C12H14FNO2. The molecule has 2 rings (SSSR count). The number of carbonyl (C=O) groups is 1. The van der Waals surface area contributed by atoms with Gasteiger partial charge in [-0.25, -0.2) is 4.39 Å². The number of aliphatic hydroxyl groups excluding tert-OH is 1. The van der Waals surface area contributed by atoms with E-state index in [1.165, 1.54) is 12.1 Å². The van der Waals surface area contributed by atoms with E-state index in [0.29, 0.717) is 5.56 Å². The van der Waals surface area contributed by atoms with Crippen LogP contribution in [0.5, 0.6) is 0 Å². The molecule has 3 nitrogen and oxygen atoms in total. The van der Waals surface area contributed by atoms with Crippen molar-refractivity contribution in [3.05, 3.63) is 35.6 Å². The van der Waals surface area contributed by atoms with Gasteiger partial charge < -0.3 is 10.4 Å². The van der Waals surface area contributed by atoms with E-state index in [1.807, 2.05) is 0 Å². The molecule has 1 fully saturated rings. The predicted molar refractivity (Wildman–Crippen MR) is 57.3 cm³/mol. The number of rotatable bonds is 4. The summed E-state index contributed by atoms with van der Waals surface area (Å²) in [5.41, 5.74) is 0.246. The summed E-state index contributed by atoms with van der Waals surface area (Å²) in [7, 11) is 0. The van der Waals surface area contributed by atoms with Gasteiger partial charge in [0.2, 0.25) is 5.91 Å². The molecule has 1 amide bonds. The van der Waals surface area contributed by atoms with E-state index in [0.717, 1.165) is 12.8 Å². The largest absolute Gasteiger partial charge is 0.394 e. The lowest BCUT2D eigenvalue weighted by Gasteiger charge is -2.14. The van der Waals surface area contributed by atoms with Crippen LogP contribution in [0.15, 0.2) is 24.3 Å². The molecule has 1 aromatic carbocycles. The number of amides is 1. The third kappa shape index (κ3) is 2.58. The maximum Gasteiger partial charge on any atom is 0.224 e. The van der Waals surface area contributed by atoms with Crippen molar-refractivity contribution in [2.24, 2.45) is 0 Å². The molecule has 0 atom stereocenters. The molecule has 4 heteroatoms. The van der Waals surface area contributed by atoms with Crippen LogP contribution in [0, 0.1) is 5.82 Å². The molecule has 0 spiro atoms. The minimum Gasteiger partial charge on any atom is -0.394 e. The summed E-state index contributed by atoms with van der Waals surface area (Å²) in [5, 5.41) is 11.8. The standard InChI is InChI=1S/C12H14FNO2/c13-10-3-1-2-9(6-10)7-11(16)14-12(8-15)4-5-12/h1-3,6,15H,4-5,7-8H2,(H,14,16). The average molecular weight is 223 g/mol. The summed E-state index contributed by atoms with van der Waals surface area (Å²) in [5.74, 6) is -0.509. The van der Waals surface area contributed by atoms with E-state index in [1.54, 1.807) is 12.1 Å². The third-order valence-electron chi connectivity index (χ3n) is 2.81. The molecule has 0 heterocycles. The summed E-state index contributed by atoms with van der Waals surface area (Å²) in [6, 6.07) is 5.98. The van der Waals surface area contributed by atoms with Crippen molar-refractivity contribution in [2.75, 3.05) is 6.61 Å². The van der Waals surface area contributed by atoms with E-state index in [9.17, 15) is 9.18 Å². The Labute approximate surface area is 93.3 Å². The predicted octanol–water partition coefficient (Wildman–Crippen LogP) is 1.01. The Morgan fingerprint density at radius 3 is 2.81 bits per heavy atom. The highest BCUT2D eigenvalue weighted by molar-refractivity contribution is 5.79. The number of carbonyl (C=O) groups excluding carboxylic acids is 1. The minimum absolute atomic E-state index is 0.0259. The van der Waals surface area contributed by atoms with Crippen LogP contribution in [-0.4, -0.2) is 23.2 Å². The Kier molecular flexibility index (Phi) is 2.92. The van der Waals surface area contributed by atoms with Gasteiger partial charge in [-0.1, -0.05) is 12.1 Å². The number of benzene rings is 1. The first kappa shape index (κ1) is 11.1. The molecular weight excluding hydrogens is 209 g/mol. The van der Waals surface area contributed by atoms with Gasteiger partial charge in [0.25, 0.3) is 0 Å². The number of nitrogens with one attached hydrogen (secondary N) is 1. The van der Waals surface area contributed by atoms with Crippen LogP contribution in [0.2, 0.25) is 0 Å².